The first-order chi connectivity index (χ1) is 10.1. The van der Waals surface area contributed by atoms with Crippen LogP contribution in [-0.2, 0) is 16.6 Å². The average molecular weight is 305 g/mol. The minimum Gasteiger partial charge on any atom is -0.327 e. The Labute approximate surface area is 122 Å². The second-order valence-corrected chi connectivity index (χ2v) is 6.35. The molecule has 21 heavy (non-hydrogen) atoms. The van der Waals surface area contributed by atoms with Crippen LogP contribution in [0.15, 0.2) is 41.6 Å². The van der Waals surface area contributed by atoms with Crippen LogP contribution in [0.25, 0.3) is 11.0 Å². The molecule has 0 aliphatic rings. The van der Waals surface area contributed by atoms with Crippen LogP contribution < -0.4 is 4.72 Å². The fraction of sp³-hybridized carbons (Fsp3) is 0.231. The van der Waals surface area contributed by atoms with Crippen molar-refractivity contribution in [1.82, 2.24) is 24.5 Å². The van der Waals surface area contributed by atoms with Crippen molar-refractivity contribution in [2.75, 3.05) is 6.54 Å². The molecule has 110 valence electrons. The molecule has 0 atom stereocenters. The first-order valence-corrected chi connectivity index (χ1v) is 7.97. The molecule has 0 fully saturated rings. The molecule has 2 heterocycles. The third-order valence-corrected chi connectivity index (χ3v) is 4.63. The monoisotopic (exact) mass is 305 g/mol. The molecule has 0 saturated carbocycles. The molecule has 0 spiro atoms. The molecule has 0 saturated heterocycles. The lowest BCUT2D eigenvalue weighted by Crippen LogP contribution is -2.28. The smallest absolute Gasteiger partial charge is 0.257 e. The molecule has 0 radical (unpaired) electrons. The molecule has 2 aromatic heterocycles. The Morgan fingerprint density at radius 2 is 2.10 bits per heavy atom. The molecule has 2 N–H and O–H groups in total. The van der Waals surface area contributed by atoms with Crippen molar-refractivity contribution in [2.45, 2.75) is 18.5 Å². The molecular formula is C13H15N5O2S. The van der Waals surface area contributed by atoms with Gasteiger partial charge in [0.25, 0.3) is 10.0 Å². The number of hydrogen-bond donors (Lipinski definition) is 2. The van der Waals surface area contributed by atoms with Gasteiger partial charge in [-0.05, 0) is 25.1 Å². The standard InChI is InChI=1S/C13H15N5O2S/c1-10-16-11-4-2-3-5-12(11)18(10)9-8-15-21(19,20)13-6-7-14-17-13/h2-7,15H,8-9H2,1H3,(H,14,17). The summed E-state index contributed by atoms with van der Waals surface area (Å²) < 4.78 is 28.5. The normalized spacial score (nSPS) is 12.0. The van der Waals surface area contributed by atoms with E-state index in [-0.39, 0.29) is 11.6 Å². The van der Waals surface area contributed by atoms with E-state index in [0.717, 1.165) is 16.9 Å². The summed E-state index contributed by atoms with van der Waals surface area (Å²) in [5.41, 5.74) is 1.90. The van der Waals surface area contributed by atoms with Gasteiger partial charge in [0.2, 0.25) is 0 Å². The first-order valence-electron chi connectivity index (χ1n) is 6.49. The lowest BCUT2D eigenvalue weighted by Gasteiger charge is -2.08. The summed E-state index contributed by atoms with van der Waals surface area (Å²) in [6.45, 7) is 2.70. The van der Waals surface area contributed by atoms with E-state index in [0.29, 0.717) is 6.54 Å². The maximum absolute atomic E-state index is 12.0. The summed E-state index contributed by atoms with van der Waals surface area (Å²) in [6.07, 6.45) is 1.40. The van der Waals surface area contributed by atoms with Crippen LogP contribution in [0.2, 0.25) is 0 Å². The summed E-state index contributed by atoms with van der Waals surface area (Å²) in [7, 11) is -3.54. The lowest BCUT2D eigenvalue weighted by molar-refractivity contribution is 0.568. The van der Waals surface area contributed by atoms with E-state index < -0.39 is 10.0 Å². The third kappa shape index (κ3) is 2.67. The summed E-state index contributed by atoms with van der Waals surface area (Å²) in [5.74, 6) is 0.858. The summed E-state index contributed by atoms with van der Waals surface area (Å²) in [6, 6.07) is 9.20. The minimum atomic E-state index is -3.54. The average Bonchev–Trinajstić information content (AvgIpc) is 3.08. The number of aromatic amines is 1. The molecule has 0 bridgehead atoms. The Kier molecular flexibility index (Phi) is 3.48. The van der Waals surface area contributed by atoms with E-state index in [2.05, 4.69) is 19.9 Å². The number of H-pyrrole nitrogens is 1. The number of nitrogens with one attached hydrogen (secondary N) is 2. The quantitative estimate of drug-likeness (QED) is 0.737. The highest BCUT2D eigenvalue weighted by Gasteiger charge is 2.15. The second-order valence-electron chi connectivity index (χ2n) is 4.62. The predicted octanol–water partition coefficient (Wildman–Crippen LogP) is 1.05. The fourth-order valence-corrected chi connectivity index (χ4v) is 3.17. The Balaban J connectivity index is 1.74. The van der Waals surface area contributed by atoms with Gasteiger partial charge in [0, 0.05) is 13.1 Å². The molecule has 0 aliphatic carbocycles. The van der Waals surface area contributed by atoms with Crippen molar-refractivity contribution in [3.63, 3.8) is 0 Å². The van der Waals surface area contributed by atoms with Gasteiger partial charge < -0.3 is 4.57 Å². The molecule has 7 nitrogen and oxygen atoms in total. The molecule has 3 rings (SSSR count). The minimum absolute atomic E-state index is 0.0645. The van der Waals surface area contributed by atoms with Crippen LogP contribution in [0.4, 0.5) is 0 Å². The Morgan fingerprint density at radius 1 is 1.29 bits per heavy atom. The third-order valence-electron chi connectivity index (χ3n) is 3.24. The van der Waals surface area contributed by atoms with Gasteiger partial charge in [0.05, 0.1) is 17.2 Å². The molecule has 0 aliphatic heterocycles. The number of benzene rings is 1. The maximum atomic E-state index is 12.0. The zero-order valence-corrected chi connectivity index (χ0v) is 12.3. The van der Waals surface area contributed by atoms with Gasteiger partial charge in [0.1, 0.15) is 5.82 Å². The second kappa shape index (κ2) is 5.30. The van der Waals surface area contributed by atoms with Crippen molar-refractivity contribution in [1.29, 1.82) is 0 Å². The maximum Gasteiger partial charge on any atom is 0.257 e. The number of aryl methyl sites for hydroxylation is 1. The van der Waals surface area contributed by atoms with Crippen LogP contribution >= 0.6 is 0 Å². The molecule has 1 aromatic carbocycles. The predicted molar refractivity (Wildman–Crippen MR) is 78.2 cm³/mol. The molecule has 0 amide bonds. The number of sulfonamides is 1. The van der Waals surface area contributed by atoms with Crippen molar-refractivity contribution >= 4 is 21.1 Å². The van der Waals surface area contributed by atoms with Gasteiger partial charge in [0.15, 0.2) is 5.03 Å². The molecular weight excluding hydrogens is 290 g/mol. The zero-order chi connectivity index (χ0) is 14.9. The highest BCUT2D eigenvalue weighted by molar-refractivity contribution is 7.89. The van der Waals surface area contributed by atoms with Crippen molar-refractivity contribution in [2.24, 2.45) is 0 Å². The summed E-state index contributed by atoms with van der Waals surface area (Å²) in [4.78, 5) is 4.45. The number of hydrogen-bond acceptors (Lipinski definition) is 4. The SMILES string of the molecule is Cc1nc2ccccc2n1CCNS(=O)(=O)c1ccn[nH]1. The van der Waals surface area contributed by atoms with Crippen molar-refractivity contribution < 1.29 is 8.42 Å². The van der Waals surface area contributed by atoms with Crippen molar-refractivity contribution in [3.8, 4) is 0 Å². The zero-order valence-electron chi connectivity index (χ0n) is 11.4. The van der Waals surface area contributed by atoms with Crippen LogP contribution in [0.5, 0.6) is 0 Å². The number of fused-ring (bicyclic) bond motifs is 1. The number of imidazole rings is 1. The van der Waals surface area contributed by atoms with Crippen LogP contribution in [-0.4, -0.2) is 34.7 Å². The molecule has 8 heteroatoms. The topological polar surface area (TPSA) is 92.7 Å². The molecule has 3 aromatic rings. The van der Waals surface area contributed by atoms with Gasteiger partial charge in [-0.3, -0.25) is 5.10 Å². The van der Waals surface area contributed by atoms with Gasteiger partial charge in [-0.15, -0.1) is 0 Å². The summed E-state index contributed by atoms with van der Waals surface area (Å²) >= 11 is 0. The highest BCUT2D eigenvalue weighted by atomic mass is 32.2. The first kappa shape index (κ1) is 13.8. The highest BCUT2D eigenvalue weighted by Crippen LogP contribution is 2.15. The number of nitrogens with zero attached hydrogens (tertiary/aromatic N) is 3. The number of rotatable bonds is 5. The Bertz CT molecular complexity index is 852. The number of aromatic nitrogens is 4. The molecule has 0 unspecified atom stereocenters. The van der Waals surface area contributed by atoms with Gasteiger partial charge in [-0.25, -0.2) is 18.1 Å². The van der Waals surface area contributed by atoms with Gasteiger partial charge in [-0.1, -0.05) is 12.1 Å². The van der Waals surface area contributed by atoms with E-state index in [9.17, 15) is 8.42 Å². The van der Waals surface area contributed by atoms with Crippen LogP contribution in [0.1, 0.15) is 5.82 Å². The number of para-hydroxylation sites is 2. The van der Waals surface area contributed by atoms with E-state index >= 15 is 0 Å². The lowest BCUT2D eigenvalue weighted by atomic mass is 10.3. The Hall–Kier alpha value is -2.19. The van der Waals surface area contributed by atoms with E-state index in [4.69, 9.17) is 0 Å². The van der Waals surface area contributed by atoms with Crippen molar-refractivity contribution in [3.05, 3.63) is 42.4 Å². The van der Waals surface area contributed by atoms with Gasteiger partial charge >= 0.3 is 0 Å². The van der Waals surface area contributed by atoms with Crippen LogP contribution in [0.3, 0.4) is 0 Å². The van der Waals surface area contributed by atoms with Gasteiger partial charge in [-0.2, -0.15) is 5.10 Å². The largest absolute Gasteiger partial charge is 0.327 e. The van der Waals surface area contributed by atoms with E-state index in [1.807, 2.05) is 35.8 Å². The van der Waals surface area contributed by atoms with E-state index in [1.54, 1.807) is 0 Å². The Morgan fingerprint density at radius 3 is 2.86 bits per heavy atom. The fourth-order valence-electron chi connectivity index (χ4n) is 2.24. The van der Waals surface area contributed by atoms with Crippen LogP contribution in [0, 0.1) is 6.92 Å². The summed E-state index contributed by atoms with van der Waals surface area (Å²) in [5, 5.41) is 6.15. The van der Waals surface area contributed by atoms with E-state index in [1.165, 1.54) is 12.3 Å².